The van der Waals surface area contributed by atoms with Gasteiger partial charge in [0.1, 0.15) is 0 Å². The molecule has 0 fully saturated rings. The fourth-order valence-electron chi connectivity index (χ4n) is 3.10. The maximum Gasteiger partial charge on any atom is 0.261 e. The minimum atomic E-state index is -0.0774. The summed E-state index contributed by atoms with van der Waals surface area (Å²) in [5.41, 5.74) is 3.44. The van der Waals surface area contributed by atoms with Crippen molar-refractivity contribution in [2.45, 2.75) is 12.8 Å². The minimum absolute atomic E-state index is 0.0774. The Morgan fingerprint density at radius 1 is 1.08 bits per heavy atom. The highest BCUT2D eigenvalue weighted by Gasteiger charge is 2.23. The van der Waals surface area contributed by atoms with Gasteiger partial charge in [-0.05, 0) is 42.7 Å². The van der Waals surface area contributed by atoms with E-state index in [0.29, 0.717) is 23.1 Å². The molecule has 2 heterocycles. The highest BCUT2D eigenvalue weighted by molar-refractivity contribution is 6.30. The van der Waals surface area contributed by atoms with E-state index in [1.807, 2.05) is 35.2 Å². The number of aryl methyl sites for hydroxylation is 1. The second-order valence-corrected chi connectivity index (χ2v) is 6.56. The molecule has 1 aromatic heterocycles. The Labute approximate surface area is 156 Å². The summed E-state index contributed by atoms with van der Waals surface area (Å²) >= 11 is 5.97. The number of hydrogen-bond acceptors (Lipinski definition) is 4. The highest BCUT2D eigenvalue weighted by atomic mass is 35.5. The molecule has 0 spiro atoms. The number of rotatable bonds is 3. The molecule has 0 unspecified atom stereocenters. The molecule has 1 aliphatic rings. The van der Waals surface area contributed by atoms with Crippen LogP contribution in [-0.2, 0) is 6.42 Å². The van der Waals surface area contributed by atoms with Crippen molar-refractivity contribution < 1.29 is 4.79 Å². The lowest BCUT2D eigenvalue weighted by Crippen LogP contribution is -2.35. The molecule has 2 aromatic carbocycles. The van der Waals surface area contributed by atoms with Gasteiger partial charge in [-0.15, -0.1) is 0 Å². The van der Waals surface area contributed by atoms with Gasteiger partial charge in [0.05, 0.1) is 5.56 Å². The molecule has 1 aliphatic heterocycles. The van der Waals surface area contributed by atoms with E-state index in [4.69, 9.17) is 11.6 Å². The van der Waals surface area contributed by atoms with Crippen molar-refractivity contribution in [1.82, 2.24) is 9.97 Å². The number of halogens is 1. The van der Waals surface area contributed by atoms with Gasteiger partial charge in [0.15, 0.2) is 0 Å². The Hall–Kier alpha value is -2.92. The number of anilines is 3. The zero-order valence-corrected chi connectivity index (χ0v) is 14.8. The Balaban J connectivity index is 1.53. The fourth-order valence-corrected chi connectivity index (χ4v) is 3.29. The van der Waals surface area contributed by atoms with Gasteiger partial charge in [-0.25, -0.2) is 9.97 Å². The van der Waals surface area contributed by atoms with E-state index in [-0.39, 0.29) is 5.91 Å². The van der Waals surface area contributed by atoms with E-state index in [1.54, 1.807) is 24.5 Å². The van der Waals surface area contributed by atoms with Gasteiger partial charge in [0.2, 0.25) is 5.95 Å². The van der Waals surface area contributed by atoms with Crippen molar-refractivity contribution in [2.24, 2.45) is 0 Å². The summed E-state index contributed by atoms with van der Waals surface area (Å²) in [7, 11) is 0. The zero-order chi connectivity index (χ0) is 17.9. The van der Waals surface area contributed by atoms with Gasteiger partial charge in [0, 0.05) is 35.3 Å². The van der Waals surface area contributed by atoms with Crippen LogP contribution in [0.1, 0.15) is 22.3 Å². The van der Waals surface area contributed by atoms with Crippen LogP contribution in [0.5, 0.6) is 0 Å². The summed E-state index contributed by atoms with van der Waals surface area (Å²) in [6, 6.07) is 15.3. The normalized spacial score (nSPS) is 13.2. The fraction of sp³-hybridized carbons (Fsp3) is 0.150. The Bertz CT molecular complexity index is 943. The molecule has 1 N–H and O–H groups in total. The van der Waals surface area contributed by atoms with E-state index < -0.39 is 0 Å². The van der Waals surface area contributed by atoms with Gasteiger partial charge in [-0.2, -0.15) is 0 Å². The number of carbonyl (C=O) groups excluding carboxylic acids is 1. The average Bonchev–Trinajstić information content (AvgIpc) is 2.68. The van der Waals surface area contributed by atoms with Crippen molar-refractivity contribution in [2.75, 3.05) is 16.8 Å². The first-order valence-electron chi connectivity index (χ1n) is 8.45. The summed E-state index contributed by atoms with van der Waals surface area (Å²) in [6.07, 6.45) is 5.07. The zero-order valence-electron chi connectivity index (χ0n) is 14.0. The van der Waals surface area contributed by atoms with E-state index in [2.05, 4.69) is 21.4 Å². The van der Waals surface area contributed by atoms with E-state index >= 15 is 0 Å². The first kappa shape index (κ1) is 16.5. The Morgan fingerprint density at radius 3 is 2.69 bits per heavy atom. The third-order valence-corrected chi connectivity index (χ3v) is 4.57. The van der Waals surface area contributed by atoms with Crippen LogP contribution in [0.2, 0.25) is 5.02 Å². The Morgan fingerprint density at radius 2 is 1.88 bits per heavy atom. The molecule has 6 heteroatoms. The number of para-hydroxylation sites is 1. The van der Waals surface area contributed by atoms with E-state index in [9.17, 15) is 4.79 Å². The summed E-state index contributed by atoms with van der Waals surface area (Å²) in [5, 5.41) is 3.70. The molecule has 0 atom stereocenters. The standard InChI is InChI=1S/C20H17ClN4O/c21-16-7-3-8-17(11-16)24-20-22-12-15(13-23-20)19(26)25-10-4-6-14-5-1-2-9-18(14)25/h1-3,5,7-9,11-13H,4,6,10H2,(H,22,23,24). The average molecular weight is 365 g/mol. The molecule has 0 radical (unpaired) electrons. The molecule has 0 saturated carbocycles. The van der Waals surface area contributed by atoms with Gasteiger partial charge >= 0.3 is 0 Å². The number of aromatic nitrogens is 2. The van der Waals surface area contributed by atoms with Gasteiger partial charge in [-0.3, -0.25) is 4.79 Å². The van der Waals surface area contributed by atoms with Crippen molar-refractivity contribution >= 4 is 34.8 Å². The van der Waals surface area contributed by atoms with Crippen LogP contribution in [0, 0.1) is 0 Å². The van der Waals surface area contributed by atoms with Crippen LogP contribution in [-0.4, -0.2) is 22.4 Å². The van der Waals surface area contributed by atoms with Gasteiger partial charge in [-0.1, -0.05) is 35.9 Å². The SMILES string of the molecule is O=C(c1cnc(Nc2cccc(Cl)c2)nc1)N1CCCc2ccccc21. The predicted molar refractivity (Wildman–Crippen MR) is 103 cm³/mol. The monoisotopic (exact) mass is 364 g/mol. The van der Waals surface area contributed by atoms with Crippen molar-refractivity contribution in [3.05, 3.63) is 77.1 Å². The lowest BCUT2D eigenvalue weighted by atomic mass is 10.0. The lowest BCUT2D eigenvalue weighted by molar-refractivity contribution is 0.0984. The quantitative estimate of drug-likeness (QED) is 0.745. The first-order chi connectivity index (χ1) is 12.7. The van der Waals surface area contributed by atoms with Crippen molar-refractivity contribution in [3.63, 3.8) is 0 Å². The summed E-state index contributed by atoms with van der Waals surface area (Å²) in [6.45, 7) is 0.707. The molecule has 5 nitrogen and oxygen atoms in total. The van der Waals surface area contributed by atoms with Gasteiger partial charge < -0.3 is 10.2 Å². The summed E-state index contributed by atoms with van der Waals surface area (Å²) in [5.74, 6) is 0.342. The molecular weight excluding hydrogens is 348 g/mol. The van der Waals surface area contributed by atoms with Crippen molar-refractivity contribution in [3.8, 4) is 0 Å². The molecule has 3 aromatic rings. The number of nitrogens with one attached hydrogen (secondary N) is 1. The molecule has 26 heavy (non-hydrogen) atoms. The van der Waals surface area contributed by atoms with Crippen LogP contribution in [0.4, 0.5) is 17.3 Å². The lowest BCUT2D eigenvalue weighted by Gasteiger charge is -2.29. The second-order valence-electron chi connectivity index (χ2n) is 6.12. The highest BCUT2D eigenvalue weighted by Crippen LogP contribution is 2.28. The number of amides is 1. The minimum Gasteiger partial charge on any atom is -0.324 e. The Kier molecular flexibility index (Phi) is 4.54. The number of fused-ring (bicyclic) bond motifs is 1. The van der Waals surface area contributed by atoms with E-state index in [1.165, 1.54) is 5.56 Å². The number of carbonyl (C=O) groups is 1. The van der Waals surface area contributed by atoms with Crippen LogP contribution >= 0.6 is 11.6 Å². The van der Waals surface area contributed by atoms with Crippen LogP contribution in [0.25, 0.3) is 0 Å². The number of nitrogens with zero attached hydrogens (tertiary/aromatic N) is 3. The van der Waals surface area contributed by atoms with Crippen LogP contribution in [0.3, 0.4) is 0 Å². The molecule has 1 amide bonds. The van der Waals surface area contributed by atoms with Crippen LogP contribution < -0.4 is 10.2 Å². The third kappa shape index (κ3) is 3.39. The summed E-state index contributed by atoms with van der Waals surface area (Å²) in [4.78, 5) is 23.2. The molecule has 4 rings (SSSR count). The summed E-state index contributed by atoms with van der Waals surface area (Å²) < 4.78 is 0. The van der Waals surface area contributed by atoms with E-state index in [0.717, 1.165) is 24.2 Å². The maximum absolute atomic E-state index is 12.9. The molecule has 0 bridgehead atoms. The second kappa shape index (κ2) is 7.14. The third-order valence-electron chi connectivity index (χ3n) is 4.33. The molecular formula is C20H17ClN4O. The maximum atomic E-state index is 12.9. The van der Waals surface area contributed by atoms with Crippen LogP contribution in [0.15, 0.2) is 60.9 Å². The predicted octanol–water partition coefficient (Wildman–Crippen LogP) is 4.47. The smallest absolute Gasteiger partial charge is 0.261 e. The van der Waals surface area contributed by atoms with Crippen molar-refractivity contribution in [1.29, 1.82) is 0 Å². The molecule has 0 aliphatic carbocycles. The topological polar surface area (TPSA) is 58.1 Å². The largest absolute Gasteiger partial charge is 0.324 e. The number of benzene rings is 2. The first-order valence-corrected chi connectivity index (χ1v) is 8.83. The van der Waals surface area contributed by atoms with Gasteiger partial charge in [0.25, 0.3) is 5.91 Å². The molecule has 0 saturated heterocycles. The molecule has 130 valence electrons. The number of hydrogen-bond donors (Lipinski definition) is 1.